The highest BCUT2D eigenvalue weighted by Gasteiger charge is 2.46. The number of hydrogen-bond donors (Lipinski definition) is 1. The molecule has 1 N–H and O–H groups in total. The third-order valence-electron chi connectivity index (χ3n) is 6.74. The highest BCUT2D eigenvalue weighted by molar-refractivity contribution is 7.89. The van der Waals surface area contributed by atoms with Gasteiger partial charge in [-0.05, 0) is 67.9 Å². The fourth-order valence-electron chi connectivity index (χ4n) is 4.69. The van der Waals surface area contributed by atoms with Crippen LogP contribution in [0.2, 0.25) is 5.02 Å². The lowest BCUT2D eigenvalue weighted by Gasteiger charge is -2.31. The van der Waals surface area contributed by atoms with E-state index in [-0.39, 0.29) is 21.8 Å². The lowest BCUT2D eigenvalue weighted by atomic mass is 9.95. The minimum absolute atomic E-state index is 0.0239. The van der Waals surface area contributed by atoms with E-state index in [4.69, 9.17) is 11.6 Å². The number of carbonyl (C=O) groups excluding carboxylic acids is 2. The van der Waals surface area contributed by atoms with Crippen molar-refractivity contribution in [3.63, 3.8) is 0 Å². The topological polar surface area (TPSA) is 98.2 Å². The van der Waals surface area contributed by atoms with E-state index in [1.807, 2.05) is 0 Å². The van der Waals surface area contributed by atoms with Gasteiger partial charge in [0.05, 0.1) is 16.5 Å². The predicted molar refractivity (Wildman–Crippen MR) is 138 cm³/mol. The van der Waals surface area contributed by atoms with Crippen molar-refractivity contribution in [1.29, 1.82) is 0 Å². The summed E-state index contributed by atoms with van der Waals surface area (Å²) in [5.74, 6) is -1.78. The number of piperidine rings is 1. The Morgan fingerprint density at radius 2 is 1.58 bits per heavy atom. The molecule has 2 heterocycles. The van der Waals surface area contributed by atoms with Crippen LogP contribution < -0.4 is 0 Å². The Balaban J connectivity index is 1.72. The second-order valence-electron chi connectivity index (χ2n) is 9.26. The van der Waals surface area contributed by atoms with Gasteiger partial charge in [-0.25, -0.2) is 12.7 Å². The van der Waals surface area contributed by atoms with Crippen LogP contribution in [-0.4, -0.2) is 79.6 Å². The van der Waals surface area contributed by atoms with Crippen molar-refractivity contribution in [1.82, 2.24) is 14.1 Å². The first-order chi connectivity index (χ1) is 17.1. The summed E-state index contributed by atoms with van der Waals surface area (Å²) in [6.07, 6.45) is 3.42. The number of ketones is 1. The number of rotatable bonds is 7. The smallest absolute Gasteiger partial charge is 0.295 e. The van der Waals surface area contributed by atoms with Crippen LogP contribution >= 0.6 is 11.6 Å². The van der Waals surface area contributed by atoms with Crippen molar-refractivity contribution in [2.75, 3.05) is 40.3 Å². The average molecular weight is 532 g/mol. The summed E-state index contributed by atoms with van der Waals surface area (Å²) in [5.41, 5.74) is 0.885. The molecule has 8 nitrogen and oxygen atoms in total. The first-order valence-electron chi connectivity index (χ1n) is 11.9. The molecule has 2 aromatic carbocycles. The van der Waals surface area contributed by atoms with Crippen molar-refractivity contribution >= 4 is 39.1 Å². The maximum absolute atomic E-state index is 13.2. The number of aliphatic hydroxyl groups is 1. The maximum Gasteiger partial charge on any atom is 0.295 e. The average Bonchev–Trinajstić information content (AvgIpc) is 3.13. The van der Waals surface area contributed by atoms with Crippen LogP contribution in [0.15, 0.2) is 59.0 Å². The molecule has 2 aliphatic heterocycles. The second kappa shape index (κ2) is 10.7. The third-order valence-corrected chi connectivity index (χ3v) is 8.82. The summed E-state index contributed by atoms with van der Waals surface area (Å²) in [4.78, 5) is 30.2. The molecule has 1 atom stereocenters. The van der Waals surface area contributed by atoms with Gasteiger partial charge in [-0.1, -0.05) is 30.2 Å². The van der Waals surface area contributed by atoms with Gasteiger partial charge in [-0.3, -0.25) is 9.59 Å². The summed E-state index contributed by atoms with van der Waals surface area (Å²) < 4.78 is 25.9. The zero-order chi connectivity index (χ0) is 26.0. The summed E-state index contributed by atoms with van der Waals surface area (Å²) >= 11 is 6.08. The maximum atomic E-state index is 13.2. The van der Waals surface area contributed by atoms with Crippen LogP contribution in [0.25, 0.3) is 5.76 Å². The Morgan fingerprint density at radius 1 is 0.972 bits per heavy atom. The fraction of sp³-hybridized carbons (Fsp3) is 0.385. The molecule has 2 aliphatic rings. The van der Waals surface area contributed by atoms with Gasteiger partial charge in [-0.15, -0.1) is 0 Å². The molecule has 0 aliphatic carbocycles. The van der Waals surface area contributed by atoms with Gasteiger partial charge in [-0.2, -0.15) is 0 Å². The first kappa shape index (κ1) is 26.3. The molecule has 0 bridgehead atoms. The number of nitrogens with zero attached hydrogens (tertiary/aromatic N) is 3. The van der Waals surface area contributed by atoms with Crippen molar-refractivity contribution < 1.29 is 23.1 Å². The van der Waals surface area contributed by atoms with E-state index in [9.17, 15) is 23.1 Å². The standard InChI is InChI=1S/C26H30ClN3O5S/c1-28(2)36(34,35)21-12-8-19(9-13-21)24(31)22-23(18-6-10-20(27)11-7-18)30(26(33)25(22)32)17-16-29-14-4-3-5-15-29/h6-13,23,31H,3-5,14-17H2,1-2H3/b24-22-. The van der Waals surface area contributed by atoms with Gasteiger partial charge in [0.1, 0.15) is 5.76 Å². The van der Waals surface area contributed by atoms with Gasteiger partial charge in [0, 0.05) is 37.8 Å². The van der Waals surface area contributed by atoms with Crippen molar-refractivity contribution in [2.45, 2.75) is 30.2 Å². The molecular weight excluding hydrogens is 502 g/mol. The summed E-state index contributed by atoms with van der Waals surface area (Å²) in [6, 6.07) is 11.7. The second-order valence-corrected chi connectivity index (χ2v) is 11.8. The molecule has 0 saturated carbocycles. The number of sulfonamides is 1. The summed E-state index contributed by atoms with van der Waals surface area (Å²) in [5, 5.41) is 11.7. The van der Waals surface area contributed by atoms with E-state index >= 15 is 0 Å². The monoisotopic (exact) mass is 531 g/mol. The van der Waals surface area contributed by atoms with E-state index in [0.29, 0.717) is 23.7 Å². The molecule has 1 unspecified atom stereocenters. The highest BCUT2D eigenvalue weighted by Crippen LogP contribution is 2.39. The van der Waals surface area contributed by atoms with E-state index in [0.717, 1.165) is 30.2 Å². The number of halogens is 1. The zero-order valence-corrected chi connectivity index (χ0v) is 21.9. The van der Waals surface area contributed by atoms with Gasteiger partial charge >= 0.3 is 0 Å². The molecule has 0 spiro atoms. The van der Waals surface area contributed by atoms with Crippen molar-refractivity contribution in [3.8, 4) is 0 Å². The lowest BCUT2D eigenvalue weighted by Crippen LogP contribution is -2.39. The quantitative estimate of drug-likeness (QED) is 0.333. The Morgan fingerprint density at radius 3 is 2.17 bits per heavy atom. The molecule has 2 aromatic rings. The number of carbonyl (C=O) groups is 2. The largest absolute Gasteiger partial charge is 0.507 e. The predicted octanol–water partition coefficient (Wildman–Crippen LogP) is 3.50. The minimum Gasteiger partial charge on any atom is -0.507 e. The van der Waals surface area contributed by atoms with Gasteiger partial charge in [0.15, 0.2) is 0 Å². The minimum atomic E-state index is -3.65. The van der Waals surface area contributed by atoms with Crippen molar-refractivity contribution in [3.05, 3.63) is 70.3 Å². The van der Waals surface area contributed by atoms with Gasteiger partial charge in [0.25, 0.3) is 11.7 Å². The van der Waals surface area contributed by atoms with Gasteiger partial charge in [0.2, 0.25) is 10.0 Å². The highest BCUT2D eigenvalue weighted by atomic mass is 35.5. The van der Waals surface area contributed by atoms with Crippen LogP contribution in [0.3, 0.4) is 0 Å². The van der Waals surface area contributed by atoms with Crippen molar-refractivity contribution in [2.24, 2.45) is 0 Å². The molecule has 2 fully saturated rings. The number of hydrogen-bond acceptors (Lipinski definition) is 6. The SMILES string of the molecule is CN(C)S(=O)(=O)c1ccc(/C(O)=C2/C(=O)C(=O)N(CCN3CCCCC3)C2c2ccc(Cl)cc2)cc1. The first-order valence-corrected chi connectivity index (χ1v) is 13.7. The van der Waals surface area contributed by atoms with Crippen LogP contribution in [0.4, 0.5) is 0 Å². The molecule has 10 heteroatoms. The van der Waals surface area contributed by atoms with Crippen LogP contribution in [-0.2, 0) is 19.6 Å². The number of amides is 1. The normalized spacial score (nSPS) is 20.9. The number of aliphatic hydroxyl groups excluding tert-OH is 1. The molecule has 36 heavy (non-hydrogen) atoms. The molecule has 0 radical (unpaired) electrons. The Labute approximate surface area is 216 Å². The fourth-order valence-corrected chi connectivity index (χ4v) is 5.71. The van der Waals surface area contributed by atoms with E-state index < -0.39 is 27.8 Å². The van der Waals surface area contributed by atoms with Crippen LogP contribution in [0, 0.1) is 0 Å². The Hall–Kier alpha value is -2.72. The number of likely N-dealkylation sites (tertiary alicyclic amines) is 2. The summed E-state index contributed by atoms with van der Waals surface area (Å²) in [7, 11) is -0.791. The van der Waals surface area contributed by atoms with E-state index in [1.165, 1.54) is 49.7 Å². The zero-order valence-electron chi connectivity index (χ0n) is 20.4. The molecule has 192 valence electrons. The van der Waals surface area contributed by atoms with Crippen LogP contribution in [0.1, 0.15) is 36.4 Å². The lowest BCUT2D eigenvalue weighted by molar-refractivity contribution is -0.140. The molecule has 4 rings (SSSR count). The Kier molecular flexibility index (Phi) is 7.85. The van der Waals surface area contributed by atoms with E-state index in [1.54, 1.807) is 24.3 Å². The summed E-state index contributed by atoms with van der Waals surface area (Å²) in [6.45, 7) is 2.89. The molecular formula is C26H30ClN3O5S. The third kappa shape index (κ3) is 5.20. The van der Waals surface area contributed by atoms with Crippen LogP contribution in [0.5, 0.6) is 0 Å². The molecule has 1 amide bonds. The number of benzene rings is 2. The van der Waals surface area contributed by atoms with Gasteiger partial charge < -0.3 is 14.9 Å². The number of Topliss-reactive ketones (excluding diaryl/α,β-unsaturated/α-hetero) is 1. The van der Waals surface area contributed by atoms with E-state index in [2.05, 4.69) is 4.90 Å². The Bertz CT molecular complexity index is 1270. The molecule has 0 aromatic heterocycles. The molecule has 2 saturated heterocycles.